The van der Waals surface area contributed by atoms with Gasteiger partial charge in [0.15, 0.2) is 5.69 Å². The molecule has 1 aromatic heterocycles. The van der Waals surface area contributed by atoms with Gasteiger partial charge in [0.25, 0.3) is 0 Å². The van der Waals surface area contributed by atoms with Gasteiger partial charge in [0, 0.05) is 0 Å². The van der Waals surface area contributed by atoms with Crippen LogP contribution in [0.2, 0.25) is 0 Å². The van der Waals surface area contributed by atoms with Crippen LogP contribution in [0.3, 0.4) is 0 Å². The minimum atomic E-state index is -1.06. The van der Waals surface area contributed by atoms with Crippen LogP contribution in [0.4, 0.5) is 0 Å². The molecule has 1 aliphatic rings. The van der Waals surface area contributed by atoms with Crippen molar-refractivity contribution in [3.63, 3.8) is 0 Å². The van der Waals surface area contributed by atoms with Gasteiger partial charge in [0.1, 0.15) is 5.75 Å². The van der Waals surface area contributed by atoms with Gasteiger partial charge in [-0.05, 0) is 53.3 Å². The van der Waals surface area contributed by atoms with Crippen LogP contribution in [0.1, 0.15) is 39.3 Å². The zero-order valence-electron chi connectivity index (χ0n) is 14.9. The first-order valence-electron chi connectivity index (χ1n) is 8.74. The van der Waals surface area contributed by atoms with Gasteiger partial charge in [-0.3, -0.25) is 0 Å². The number of methoxy groups -OCH3 is 1. The number of hydrogen-bond acceptors (Lipinski definition) is 4. The quantitative estimate of drug-likeness (QED) is 0.752. The van der Waals surface area contributed by atoms with Crippen LogP contribution in [0.5, 0.6) is 5.75 Å². The number of aromatic carboxylic acids is 1. The Labute approximate surface area is 156 Å². The number of aryl methyl sites for hydroxylation is 1. The molecule has 0 saturated heterocycles. The second kappa shape index (κ2) is 7.07. The number of rotatable bonds is 5. The first kappa shape index (κ1) is 17.0. The normalized spacial score (nSPS) is 13.0. The molecule has 136 valence electrons. The smallest absolute Gasteiger partial charge is 0.358 e. The highest BCUT2D eigenvalue weighted by Crippen LogP contribution is 2.31. The molecule has 0 atom stereocenters. The second-order valence-electron chi connectivity index (χ2n) is 6.47. The van der Waals surface area contributed by atoms with Gasteiger partial charge in [-0.25, -0.2) is 9.48 Å². The van der Waals surface area contributed by atoms with E-state index in [-0.39, 0.29) is 5.69 Å². The van der Waals surface area contributed by atoms with E-state index in [2.05, 4.69) is 22.5 Å². The summed E-state index contributed by atoms with van der Waals surface area (Å²) in [6.07, 6.45) is 3.68. The molecule has 1 aliphatic carbocycles. The summed E-state index contributed by atoms with van der Waals surface area (Å²) in [7, 11) is 1.62. The molecule has 6 nitrogen and oxygen atoms in total. The van der Waals surface area contributed by atoms with Crippen LogP contribution in [0.15, 0.2) is 48.5 Å². The zero-order chi connectivity index (χ0) is 18.8. The van der Waals surface area contributed by atoms with E-state index in [1.807, 2.05) is 42.5 Å². The maximum absolute atomic E-state index is 11.7. The number of benzene rings is 2. The van der Waals surface area contributed by atoms with Gasteiger partial charge in [-0.2, -0.15) is 0 Å². The van der Waals surface area contributed by atoms with Gasteiger partial charge >= 0.3 is 5.97 Å². The summed E-state index contributed by atoms with van der Waals surface area (Å²) in [6.45, 7) is 0.443. The van der Waals surface area contributed by atoms with Crippen LogP contribution in [0, 0.1) is 0 Å². The Morgan fingerprint density at radius 2 is 1.93 bits per heavy atom. The summed E-state index contributed by atoms with van der Waals surface area (Å²) in [4.78, 5) is 11.7. The molecule has 0 radical (unpaired) electrons. The van der Waals surface area contributed by atoms with Crippen LogP contribution >= 0.6 is 0 Å². The monoisotopic (exact) mass is 361 g/mol. The molecule has 4 rings (SSSR count). The van der Waals surface area contributed by atoms with Crippen molar-refractivity contribution in [3.05, 3.63) is 76.6 Å². The Bertz CT molecular complexity index is 1020. The van der Waals surface area contributed by atoms with Crippen LogP contribution in [-0.2, 0) is 13.0 Å². The average molecular weight is 361 g/mol. The SMILES string of the molecule is COc1ccc(Cn2nnc(C(=O)O)c2C2=Cc3ccccc3CC2)cc1. The number of hydrogen-bond donors (Lipinski definition) is 1. The number of carbonyl (C=O) groups is 1. The van der Waals surface area contributed by atoms with Crippen molar-refractivity contribution in [2.45, 2.75) is 19.4 Å². The molecule has 0 unspecified atom stereocenters. The average Bonchev–Trinajstić information content (AvgIpc) is 3.12. The fraction of sp³-hybridized carbons (Fsp3) is 0.190. The third-order valence-corrected chi connectivity index (χ3v) is 4.78. The van der Waals surface area contributed by atoms with Crippen molar-refractivity contribution < 1.29 is 14.6 Å². The van der Waals surface area contributed by atoms with E-state index >= 15 is 0 Å². The topological polar surface area (TPSA) is 77.2 Å². The molecule has 0 bridgehead atoms. The number of nitrogens with zero attached hydrogens (tertiary/aromatic N) is 3. The molecular formula is C21H19N3O3. The Kier molecular flexibility index (Phi) is 4.46. The Hall–Kier alpha value is -3.41. The van der Waals surface area contributed by atoms with Crippen LogP contribution < -0.4 is 4.74 Å². The minimum Gasteiger partial charge on any atom is -0.497 e. The summed E-state index contributed by atoms with van der Waals surface area (Å²) < 4.78 is 6.86. The molecule has 6 heteroatoms. The van der Waals surface area contributed by atoms with E-state index < -0.39 is 5.97 Å². The van der Waals surface area contributed by atoms with E-state index in [0.717, 1.165) is 35.3 Å². The largest absolute Gasteiger partial charge is 0.497 e. The molecule has 2 aromatic carbocycles. The highest BCUT2D eigenvalue weighted by Gasteiger charge is 2.24. The summed E-state index contributed by atoms with van der Waals surface area (Å²) in [5, 5.41) is 17.6. The number of carboxylic acids is 1. The van der Waals surface area contributed by atoms with Gasteiger partial charge in [0.05, 0.1) is 19.3 Å². The Morgan fingerprint density at radius 3 is 2.67 bits per heavy atom. The number of allylic oxidation sites excluding steroid dienone is 1. The highest BCUT2D eigenvalue weighted by molar-refractivity contribution is 5.94. The van der Waals surface area contributed by atoms with E-state index in [9.17, 15) is 9.90 Å². The lowest BCUT2D eigenvalue weighted by atomic mass is 9.90. The molecule has 0 saturated carbocycles. The molecule has 1 heterocycles. The number of ether oxygens (including phenoxy) is 1. The lowest BCUT2D eigenvalue weighted by molar-refractivity contribution is 0.0690. The third kappa shape index (κ3) is 3.33. The minimum absolute atomic E-state index is 0.00542. The standard InChI is InChI=1S/C21H19N3O3/c1-27-18-10-6-14(7-11-18)13-24-20(19(21(25)26)22-23-24)17-9-8-15-4-2-3-5-16(15)12-17/h2-7,10-12H,8-9,13H2,1H3,(H,25,26). The van der Waals surface area contributed by atoms with Gasteiger partial charge in [-0.15, -0.1) is 5.10 Å². The molecule has 0 spiro atoms. The lowest BCUT2D eigenvalue weighted by Gasteiger charge is -2.17. The van der Waals surface area contributed by atoms with Crippen molar-refractivity contribution in [2.75, 3.05) is 7.11 Å². The second-order valence-corrected chi connectivity index (χ2v) is 6.47. The predicted octanol–water partition coefficient (Wildman–Crippen LogP) is 3.52. The molecule has 0 fully saturated rings. The molecule has 3 aromatic rings. The molecule has 0 aliphatic heterocycles. The number of aromatic nitrogens is 3. The number of fused-ring (bicyclic) bond motifs is 1. The van der Waals surface area contributed by atoms with E-state index in [1.54, 1.807) is 11.8 Å². The van der Waals surface area contributed by atoms with E-state index in [4.69, 9.17) is 4.74 Å². The van der Waals surface area contributed by atoms with Gasteiger partial charge in [0.2, 0.25) is 0 Å². The van der Waals surface area contributed by atoms with Crippen molar-refractivity contribution in [1.82, 2.24) is 15.0 Å². The van der Waals surface area contributed by atoms with Gasteiger partial charge in [-0.1, -0.05) is 41.6 Å². The molecular weight excluding hydrogens is 342 g/mol. The van der Waals surface area contributed by atoms with Crippen molar-refractivity contribution >= 4 is 17.6 Å². The summed E-state index contributed by atoms with van der Waals surface area (Å²) in [5.74, 6) is -0.291. The van der Waals surface area contributed by atoms with Crippen LogP contribution in [-0.4, -0.2) is 33.2 Å². The van der Waals surface area contributed by atoms with Crippen LogP contribution in [0.25, 0.3) is 11.6 Å². The summed E-state index contributed by atoms with van der Waals surface area (Å²) in [5.41, 5.74) is 4.90. The Balaban J connectivity index is 1.74. The van der Waals surface area contributed by atoms with Gasteiger partial charge < -0.3 is 9.84 Å². The van der Waals surface area contributed by atoms with Crippen molar-refractivity contribution in [2.24, 2.45) is 0 Å². The lowest BCUT2D eigenvalue weighted by Crippen LogP contribution is -2.11. The first-order chi connectivity index (χ1) is 13.2. The third-order valence-electron chi connectivity index (χ3n) is 4.78. The molecule has 27 heavy (non-hydrogen) atoms. The van der Waals surface area contributed by atoms with E-state index in [0.29, 0.717) is 12.2 Å². The molecule has 0 amide bonds. The maximum Gasteiger partial charge on any atom is 0.358 e. The predicted molar refractivity (Wildman–Crippen MR) is 102 cm³/mol. The first-order valence-corrected chi connectivity index (χ1v) is 8.74. The summed E-state index contributed by atoms with van der Waals surface area (Å²) >= 11 is 0. The Morgan fingerprint density at radius 1 is 1.15 bits per heavy atom. The molecule has 1 N–H and O–H groups in total. The fourth-order valence-corrected chi connectivity index (χ4v) is 3.41. The zero-order valence-corrected chi connectivity index (χ0v) is 14.9. The maximum atomic E-state index is 11.7. The number of carboxylic acid groups (broad SMARTS) is 1. The van der Waals surface area contributed by atoms with Crippen molar-refractivity contribution in [3.8, 4) is 5.75 Å². The van der Waals surface area contributed by atoms with E-state index in [1.165, 1.54) is 5.56 Å². The van der Waals surface area contributed by atoms with Crippen molar-refractivity contribution in [1.29, 1.82) is 0 Å². The highest BCUT2D eigenvalue weighted by atomic mass is 16.5. The summed E-state index contributed by atoms with van der Waals surface area (Å²) in [6, 6.07) is 15.8. The fourth-order valence-electron chi connectivity index (χ4n) is 3.41.